The van der Waals surface area contributed by atoms with Gasteiger partial charge in [0.05, 0.1) is 5.75 Å². The Kier molecular flexibility index (Phi) is 5.39. The summed E-state index contributed by atoms with van der Waals surface area (Å²) in [5.41, 5.74) is 0. The van der Waals surface area contributed by atoms with E-state index in [-0.39, 0.29) is 11.9 Å². The fourth-order valence-corrected chi connectivity index (χ4v) is 1.86. The molecule has 0 aromatic heterocycles. The van der Waals surface area contributed by atoms with E-state index in [1.807, 2.05) is 37.3 Å². The van der Waals surface area contributed by atoms with Crippen molar-refractivity contribution < 1.29 is 4.79 Å². The van der Waals surface area contributed by atoms with Crippen LogP contribution < -0.4 is 5.32 Å². The zero-order chi connectivity index (χ0) is 12.0. The van der Waals surface area contributed by atoms with Gasteiger partial charge in [-0.25, -0.2) is 0 Å². The highest BCUT2D eigenvalue weighted by molar-refractivity contribution is 8.00. The van der Waals surface area contributed by atoms with Crippen molar-refractivity contribution in [3.63, 3.8) is 0 Å². The minimum Gasteiger partial charge on any atom is -0.353 e. The molecule has 3 heteroatoms. The van der Waals surface area contributed by atoms with Crippen LogP contribution in [0, 0.1) is 5.92 Å². The van der Waals surface area contributed by atoms with Gasteiger partial charge in [0.2, 0.25) is 5.91 Å². The van der Waals surface area contributed by atoms with E-state index >= 15 is 0 Å². The van der Waals surface area contributed by atoms with Crippen LogP contribution >= 0.6 is 11.8 Å². The lowest BCUT2D eigenvalue weighted by molar-refractivity contribution is -0.119. The first kappa shape index (κ1) is 13.1. The van der Waals surface area contributed by atoms with E-state index in [4.69, 9.17) is 0 Å². The Labute approximate surface area is 102 Å². The molecule has 0 aliphatic heterocycles. The molecule has 0 heterocycles. The maximum Gasteiger partial charge on any atom is 0.230 e. The molecule has 0 radical (unpaired) electrons. The van der Waals surface area contributed by atoms with Crippen molar-refractivity contribution in [2.45, 2.75) is 31.7 Å². The molecule has 0 aliphatic rings. The molecule has 1 atom stereocenters. The lowest BCUT2D eigenvalue weighted by Gasteiger charge is -2.17. The third kappa shape index (κ3) is 4.71. The molecule has 0 aliphatic carbocycles. The van der Waals surface area contributed by atoms with Gasteiger partial charge in [0, 0.05) is 10.9 Å². The fourth-order valence-electron chi connectivity index (χ4n) is 1.13. The first-order valence-corrected chi connectivity index (χ1v) is 6.55. The molecule has 1 amide bonds. The largest absolute Gasteiger partial charge is 0.353 e. The summed E-state index contributed by atoms with van der Waals surface area (Å²) in [6, 6.07) is 10.2. The van der Waals surface area contributed by atoms with Gasteiger partial charge in [-0.3, -0.25) is 4.79 Å². The summed E-state index contributed by atoms with van der Waals surface area (Å²) >= 11 is 1.57. The summed E-state index contributed by atoms with van der Waals surface area (Å²) in [5, 5.41) is 2.99. The van der Waals surface area contributed by atoms with Crippen molar-refractivity contribution in [2.75, 3.05) is 5.75 Å². The second kappa shape index (κ2) is 6.59. The number of amides is 1. The molecular formula is C13H19NOS. The zero-order valence-electron chi connectivity index (χ0n) is 10.1. The van der Waals surface area contributed by atoms with Crippen molar-refractivity contribution >= 4 is 17.7 Å². The number of carbonyl (C=O) groups is 1. The van der Waals surface area contributed by atoms with E-state index in [2.05, 4.69) is 19.2 Å². The Bertz CT molecular complexity index is 324. The third-order valence-electron chi connectivity index (χ3n) is 2.50. The predicted molar refractivity (Wildman–Crippen MR) is 69.6 cm³/mol. The number of carbonyl (C=O) groups excluding carboxylic acids is 1. The van der Waals surface area contributed by atoms with Gasteiger partial charge in [0.25, 0.3) is 0 Å². The van der Waals surface area contributed by atoms with E-state index in [0.29, 0.717) is 11.7 Å². The predicted octanol–water partition coefficient (Wildman–Crippen LogP) is 2.94. The first-order chi connectivity index (χ1) is 7.59. The highest BCUT2D eigenvalue weighted by Crippen LogP contribution is 2.16. The minimum atomic E-state index is 0.107. The molecule has 88 valence electrons. The molecule has 1 rings (SSSR count). The van der Waals surface area contributed by atoms with Crippen LogP contribution in [0.25, 0.3) is 0 Å². The van der Waals surface area contributed by atoms with E-state index in [9.17, 15) is 4.79 Å². The van der Waals surface area contributed by atoms with Crippen molar-refractivity contribution in [1.82, 2.24) is 5.32 Å². The summed E-state index contributed by atoms with van der Waals surface area (Å²) in [6.45, 7) is 6.25. The van der Waals surface area contributed by atoms with Crippen LogP contribution in [0.1, 0.15) is 20.8 Å². The second-order valence-corrected chi connectivity index (χ2v) is 5.25. The van der Waals surface area contributed by atoms with Gasteiger partial charge < -0.3 is 5.32 Å². The van der Waals surface area contributed by atoms with Gasteiger partial charge in [0.15, 0.2) is 0 Å². The van der Waals surface area contributed by atoms with Crippen LogP contribution in [0.3, 0.4) is 0 Å². The van der Waals surface area contributed by atoms with Crippen LogP contribution in [0.15, 0.2) is 35.2 Å². The first-order valence-electron chi connectivity index (χ1n) is 5.57. The minimum absolute atomic E-state index is 0.107. The Morgan fingerprint density at radius 1 is 1.25 bits per heavy atom. The summed E-state index contributed by atoms with van der Waals surface area (Å²) in [5.74, 6) is 1.07. The molecular weight excluding hydrogens is 218 g/mol. The van der Waals surface area contributed by atoms with Gasteiger partial charge in [-0.05, 0) is 25.0 Å². The third-order valence-corrected chi connectivity index (χ3v) is 3.51. The Hall–Kier alpha value is -0.960. The molecule has 0 bridgehead atoms. The van der Waals surface area contributed by atoms with E-state index < -0.39 is 0 Å². The molecule has 0 spiro atoms. The van der Waals surface area contributed by atoms with E-state index in [1.165, 1.54) is 0 Å². The number of rotatable bonds is 5. The molecule has 0 saturated heterocycles. The number of benzene rings is 1. The topological polar surface area (TPSA) is 29.1 Å². The number of thioether (sulfide) groups is 1. The van der Waals surface area contributed by atoms with E-state index in [0.717, 1.165) is 4.90 Å². The van der Waals surface area contributed by atoms with Gasteiger partial charge in [-0.15, -0.1) is 11.8 Å². The van der Waals surface area contributed by atoms with Crippen LogP contribution in [0.4, 0.5) is 0 Å². The standard InChI is InChI=1S/C13H19NOS/c1-10(2)11(3)14-13(15)9-16-12-7-5-4-6-8-12/h4-8,10-11H,9H2,1-3H3,(H,14,15)/t11-/m0/s1. The highest BCUT2D eigenvalue weighted by atomic mass is 32.2. The zero-order valence-corrected chi connectivity index (χ0v) is 10.9. The lowest BCUT2D eigenvalue weighted by Crippen LogP contribution is -2.37. The molecule has 0 fully saturated rings. The summed E-state index contributed by atoms with van der Waals surface area (Å²) in [4.78, 5) is 12.7. The molecule has 1 aromatic rings. The average molecular weight is 237 g/mol. The lowest BCUT2D eigenvalue weighted by atomic mass is 10.1. The summed E-state index contributed by atoms with van der Waals surface area (Å²) in [6.07, 6.45) is 0. The van der Waals surface area contributed by atoms with Gasteiger partial charge in [-0.1, -0.05) is 32.0 Å². The van der Waals surface area contributed by atoms with Gasteiger partial charge in [-0.2, -0.15) is 0 Å². The Morgan fingerprint density at radius 2 is 1.88 bits per heavy atom. The number of hydrogen-bond donors (Lipinski definition) is 1. The molecule has 2 nitrogen and oxygen atoms in total. The highest BCUT2D eigenvalue weighted by Gasteiger charge is 2.10. The molecule has 0 saturated carbocycles. The number of nitrogens with one attached hydrogen (secondary N) is 1. The van der Waals surface area contributed by atoms with Crippen molar-refractivity contribution in [3.05, 3.63) is 30.3 Å². The molecule has 16 heavy (non-hydrogen) atoms. The monoisotopic (exact) mass is 237 g/mol. The summed E-state index contributed by atoms with van der Waals surface area (Å²) < 4.78 is 0. The smallest absolute Gasteiger partial charge is 0.230 e. The Morgan fingerprint density at radius 3 is 2.44 bits per heavy atom. The van der Waals surface area contributed by atoms with Crippen LogP contribution in [0.5, 0.6) is 0 Å². The fraction of sp³-hybridized carbons (Fsp3) is 0.462. The molecule has 1 aromatic carbocycles. The molecule has 0 unspecified atom stereocenters. The van der Waals surface area contributed by atoms with Crippen molar-refractivity contribution in [3.8, 4) is 0 Å². The Balaban J connectivity index is 2.31. The molecule has 1 N–H and O–H groups in total. The van der Waals surface area contributed by atoms with Crippen LogP contribution in [-0.2, 0) is 4.79 Å². The maximum atomic E-state index is 11.6. The average Bonchev–Trinajstić information content (AvgIpc) is 2.27. The summed E-state index contributed by atoms with van der Waals surface area (Å²) in [7, 11) is 0. The van der Waals surface area contributed by atoms with Gasteiger partial charge in [0.1, 0.15) is 0 Å². The number of hydrogen-bond acceptors (Lipinski definition) is 2. The van der Waals surface area contributed by atoms with E-state index in [1.54, 1.807) is 11.8 Å². The SMILES string of the molecule is CC(C)[C@H](C)NC(=O)CSc1ccccc1. The van der Waals surface area contributed by atoms with Crippen LogP contribution in [-0.4, -0.2) is 17.7 Å². The quantitative estimate of drug-likeness (QED) is 0.798. The maximum absolute atomic E-state index is 11.6. The van der Waals surface area contributed by atoms with Crippen LogP contribution in [0.2, 0.25) is 0 Å². The second-order valence-electron chi connectivity index (χ2n) is 4.20. The normalized spacial score (nSPS) is 12.5. The van der Waals surface area contributed by atoms with Gasteiger partial charge >= 0.3 is 0 Å². The van der Waals surface area contributed by atoms with Crippen molar-refractivity contribution in [1.29, 1.82) is 0 Å². The van der Waals surface area contributed by atoms with Crippen molar-refractivity contribution in [2.24, 2.45) is 5.92 Å².